The van der Waals surface area contributed by atoms with Crippen molar-refractivity contribution in [2.75, 3.05) is 6.54 Å². The molecule has 0 aromatic carbocycles. The van der Waals surface area contributed by atoms with Crippen molar-refractivity contribution in [1.29, 1.82) is 0 Å². The highest BCUT2D eigenvalue weighted by molar-refractivity contribution is 4.99. The standard InChI is InChI=1S/C5H9N/c1-5-3-2-4-6-5/h2-3,5-6H,4H2,1H3/t5-/m1/s1. The molecule has 0 amide bonds. The highest BCUT2D eigenvalue weighted by atomic mass is 14.9. The molecule has 0 aliphatic carbocycles. The predicted molar refractivity (Wildman–Crippen MR) is 26.6 cm³/mol. The minimum atomic E-state index is 0.616. The van der Waals surface area contributed by atoms with Crippen LogP contribution >= 0.6 is 0 Å². The molecule has 1 aliphatic rings. The Morgan fingerprint density at radius 3 is 2.83 bits per heavy atom. The molecule has 1 heteroatoms. The first-order valence-corrected chi connectivity index (χ1v) is 2.29. The van der Waals surface area contributed by atoms with Gasteiger partial charge < -0.3 is 5.32 Å². The van der Waals surface area contributed by atoms with E-state index in [0.29, 0.717) is 6.04 Å². The van der Waals surface area contributed by atoms with E-state index in [-0.39, 0.29) is 0 Å². The molecule has 0 radical (unpaired) electrons. The van der Waals surface area contributed by atoms with Crippen molar-refractivity contribution >= 4 is 0 Å². The summed E-state index contributed by atoms with van der Waals surface area (Å²) in [5, 5.41) is 3.21. The third kappa shape index (κ3) is 0.601. The van der Waals surface area contributed by atoms with Crippen molar-refractivity contribution in [3.8, 4) is 0 Å². The maximum atomic E-state index is 3.21. The summed E-state index contributed by atoms with van der Waals surface area (Å²) in [6.45, 7) is 3.20. The van der Waals surface area contributed by atoms with Crippen molar-refractivity contribution in [2.45, 2.75) is 13.0 Å². The maximum Gasteiger partial charge on any atom is 0.0225 e. The van der Waals surface area contributed by atoms with Gasteiger partial charge >= 0.3 is 0 Å². The van der Waals surface area contributed by atoms with Gasteiger partial charge in [0.25, 0.3) is 0 Å². The van der Waals surface area contributed by atoms with Gasteiger partial charge in [-0.15, -0.1) is 0 Å². The van der Waals surface area contributed by atoms with Gasteiger partial charge in [-0.2, -0.15) is 0 Å². The van der Waals surface area contributed by atoms with E-state index < -0.39 is 0 Å². The minimum Gasteiger partial charge on any atom is -0.307 e. The molecule has 1 heterocycles. The summed E-state index contributed by atoms with van der Waals surface area (Å²) in [5.74, 6) is 0. The van der Waals surface area contributed by atoms with Gasteiger partial charge in [-0.25, -0.2) is 0 Å². The molecule has 0 saturated carbocycles. The van der Waals surface area contributed by atoms with E-state index in [0.717, 1.165) is 6.54 Å². The van der Waals surface area contributed by atoms with E-state index in [1.807, 2.05) is 0 Å². The highest BCUT2D eigenvalue weighted by Crippen LogP contribution is 1.89. The van der Waals surface area contributed by atoms with Gasteiger partial charge in [-0.1, -0.05) is 12.2 Å². The van der Waals surface area contributed by atoms with Gasteiger partial charge in [0.2, 0.25) is 0 Å². The van der Waals surface area contributed by atoms with Crippen molar-refractivity contribution in [3.63, 3.8) is 0 Å². The lowest BCUT2D eigenvalue weighted by Crippen LogP contribution is -2.17. The molecular formula is C5H9N. The minimum absolute atomic E-state index is 0.616. The molecule has 0 unspecified atom stereocenters. The highest BCUT2D eigenvalue weighted by Gasteiger charge is 1.96. The summed E-state index contributed by atoms with van der Waals surface area (Å²) in [6, 6.07) is 0.616. The van der Waals surface area contributed by atoms with Gasteiger partial charge in [0.15, 0.2) is 0 Å². The Hall–Kier alpha value is -0.300. The molecule has 34 valence electrons. The van der Waals surface area contributed by atoms with Crippen LogP contribution in [0.3, 0.4) is 0 Å². The molecule has 1 rings (SSSR count). The largest absolute Gasteiger partial charge is 0.307 e. The van der Waals surface area contributed by atoms with Crippen LogP contribution in [0, 0.1) is 0 Å². The summed E-state index contributed by atoms with van der Waals surface area (Å²) >= 11 is 0. The zero-order valence-electron chi connectivity index (χ0n) is 3.94. The van der Waals surface area contributed by atoms with E-state index in [1.165, 1.54) is 0 Å². The average Bonchev–Trinajstić information content (AvgIpc) is 1.86. The molecule has 1 aliphatic heterocycles. The number of rotatable bonds is 0. The van der Waals surface area contributed by atoms with Gasteiger partial charge in [-0.3, -0.25) is 0 Å². The smallest absolute Gasteiger partial charge is 0.0225 e. The first-order chi connectivity index (χ1) is 2.89. The second-order valence-electron chi connectivity index (χ2n) is 1.63. The number of hydrogen-bond acceptors (Lipinski definition) is 1. The molecule has 1 atom stereocenters. The summed E-state index contributed by atoms with van der Waals surface area (Å²) in [6.07, 6.45) is 4.31. The lowest BCUT2D eigenvalue weighted by atomic mass is 10.4. The Bertz CT molecular complexity index is 66.3. The second-order valence-corrected chi connectivity index (χ2v) is 1.63. The Labute approximate surface area is 38.1 Å². The molecule has 0 bridgehead atoms. The van der Waals surface area contributed by atoms with E-state index in [1.54, 1.807) is 0 Å². The third-order valence-corrected chi connectivity index (χ3v) is 0.982. The zero-order chi connectivity index (χ0) is 4.41. The van der Waals surface area contributed by atoms with Crippen LogP contribution in [0.15, 0.2) is 12.2 Å². The van der Waals surface area contributed by atoms with Crippen LogP contribution in [0.25, 0.3) is 0 Å². The van der Waals surface area contributed by atoms with E-state index in [4.69, 9.17) is 0 Å². The lowest BCUT2D eigenvalue weighted by Gasteiger charge is -1.94. The first kappa shape index (κ1) is 3.88. The Morgan fingerprint density at radius 2 is 2.67 bits per heavy atom. The Kier molecular flexibility index (Phi) is 0.926. The van der Waals surface area contributed by atoms with Crippen LogP contribution in [0.2, 0.25) is 0 Å². The molecule has 0 aromatic heterocycles. The fourth-order valence-electron chi connectivity index (χ4n) is 0.594. The van der Waals surface area contributed by atoms with Crippen molar-refractivity contribution < 1.29 is 0 Å². The number of nitrogens with one attached hydrogen (secondary N) is 1. The predicted octanol–water partition coefficient (Wildman–Crippen LogP) is 0.534. The van der Waals surface area contributed by atoms with Crippen LogP contribution < -0.4 is 5.32 Å². The van der Waals surface area contributed by atoms with E-state index in [2.05, 4.69) is 24.4 Å². The summed E-state index contributed by atoms with van der Waals surface area (Å²) in [7, 11) is 0. The zero-order valence-corrected chi connectivity index (χ0v) is 3.94. The van der Waals surface area contributed by atoms with Crippen LogP contribution in [0.5, 0.6) is 0 Å². The summed E-state index contributed by atoms with van der Waals surface area (Å²) in [5.41, 5.74) is 0. The molecular weight excluding hydrogens is 74.1 g/mol. The molecule has 0 aromatic rings. The van der Waals surface area contributed by atoms with Gasteiger partial charge in [0.1, 0.15) is 0 Å². The molecule has 6 heavy (non-hydrogen) atoms. The topological polar surface area (TPSA) is 12.0 Å². The lowest BCUT2D eigenvalue weighted by molar-refractivity contribution is 0.726. The van der Waals surface area contributed by atoms with Crippen LogP contribution in [-0.4, -0.2) is 12.6 Å². The summed E-state index contributed by atoms with van der Waals surface area (Å²) < 4.78 is 0. The number of hydrogen-bond donors (Lipinski definition) is 1. The fourth-order valence-corrected chi connectivity index (χ4v) is 0.594. The third-order valence-electron chi connectivity index (χ3n) is 0.982. The van der Waals surface area contributed by atoms with Crippen LogP contribution in [0.1, 0.15) is 6.92 Å². The maximum absolute atomic E-state index is 3.21. The molecule has 0 saturated heterocycles. The first-order valence-electron chi connectivity index (χ1n) is 2.29. The van der Waals surface area contributed by atoms with Crippen LogP contribution in [0.4, 0.5) is 0 Å². The summed E-state index contributed by atoms with van der Waals surface area (Å²) in [4.78, 5) is 0. The molecule has 1 N–H and O–H groups in total. The average molecular weight is 83.1 g/mol. The van der Waals surface area contributed by atoms with Gasteiger partial charge in [-0.05, 0) is 6.92 Å². The van der Waals surface area contributed by atoms with E-state index in [9.17, 15) is 0 Å². The second kappa shape index (κ2) is 1.43. The van der Waals surface area contributed by atoms with E-state index >= 15 is 0 Å². The van der Waals surface area contributed by atoms with Crippen LogP contribution in [-0.2, 0) is 0 Å². The van der Waals surface area contributed by atoms with Crippen molar-refractivity contribution in [2.24, 2.45) is 0 Å². The van der Waals surface area contributed by atoms with Crippen molar-refractivity contribution in [1.82, 2.24) is 5.32 Å². The fraction of sp³-hybridized carbons (Fsp3) is 0.600. The van der Waals surface area contributed by atoms with Gasteiger partial charge in [0, 0.05) is 12.6 Å². The quantitative estimate of drug-likeness (QED) is 0.421. The monoisotopic (exact) mass is 83.1 g/mol. The Balaban J connectivity index is 2.38. The molecule has 0 spiro atoms. The normalized spacial score (nSPS) is 31.8. The van der Waals surface area contributed by atoms with Crippen molar-refractivity contribution in [3.05, 3.63) is 12.2 Å². The van der Waals surface area contributed by atoms with Gasteiger partial charge in [0.05, 0.1) is 0 Å². The SMILES string of the molecule is C[C@@H]1C=CCN1. The molecule has 1 nitrogen and oxygen atoms in total. The molecule has 0 fully saturated rings. The Morgan fingerprint density at radius 1 is 1.83 bits per heavy atom.